The number of amides is 2. The number of nitrogens with one attached hydrogen (secondary N) is 3. The number of benzene rings is 1. The molecular formula is C17H23N3O2. The highest BCUT2D eigenvalue weighted by molar-refractivity contribution is 5.83. The zero-order valence-electron chi connectivity index (χ0n) is 12.9. The second-order valence-electron chi connectivity index (χ2n) is 6.30. The lowest BCUT2D eigenvalue weighted by Crippen LogP contribution is -2.50. The maximum atomic E-state index is 11.7. The van der Waals surface area contributed by atoms with E-state index < -0.39 is 5.60 Å². The Morgan fingerprint density at radius 2 is 2.18 bits per heavy atom. The average Bonchev–Trinajstić information content (AvgIpc) is 2.85. The fourth-order valence-corrected chi connectivity index (χ4v) is 2.89. The topological polar surface area (TPSA) is 77.2 Å². The highest BCUT2D eigenvalue weighted by atomic mass is 16.3. The predicted molar refractivity (Wildman–Crippen MR) is 86.9 cm³/mol. The van der Waals surface area contributed by atoms with E-state index in [1.165, 1.54) is 16.5 Å². The van der Waals surface area contributed by atoms with Gasteiger partial charge in [-0.25, -0.2) is 4.79 Å². The van der Waals surface area contributed by atoms with Gasteiger partial charge in [-0.3, -0.25) is 0 Å². The van der Waals surface area contributed by atoms with E-state index in [2.05, 4.69) is 40.7 Å². The first kappa shape index (κ1) is 14.9. The SMILES string of the molecule is Cc1ccc2c(CCNC(=O)NCC3(O)CCC3)c[nH]c2c1. The lowest BCUT2D eigenvalue weighted by Gasteiger charge is -2.36. The van der Waals surface area contributed by atoms with Crippen molar-refractivity contribution in [2.45, 2.75) is 38.2 Å². The van der Waals surface area contributed by atoms with Crippen molar-refractivity contribution in [3.63, 3.8) is 0 Å². The smallest absolute Gasteiger partial charge is 0.314 e. The first-order valence-corrected chi connectivity index (χ1v) is 7.86. The molecule has 1 heterocycles. The number of aryl methyl sites for hydroxylation is 1. The normalized spacial score (nSPS) is 16.3. The molecule has 1 saturated carbocycles. The van der Waals surface area contributed by atoms with Gasteiger partial charge in [0.15, 0.2) is 0 Å². The predicted octanol–water partition coefficient (Wildman–Crippen LogP) is 2.23. The molecule has 1 aliphatic rings. The molecule has 0 aliphatic heterocycles. The molecule has 0 saturated heterocycles. The van der Waals surface area contributed by atoms with Crippen molar-refractivity contribution in [2.75, 3.05) is 13.1 Å². The number of fused-ring (bicyclic) bond motifs is 1. The molecule has 0 atom stereocenters. The van der Waals surface area contributed by atoms with Gasteiger partial charge < -0.3 is 20.7 Å². The minimum Gasteiger partial charge on any atom is -0.388 e. The number of rotatable bonds is 5. The van der Waals surface area contributed by atoms with Gasteiger partial charge in [-0.2, -0.15) is 0 Å². The highest BCUT2D eigenvalue weighted by Crippen LogP contribution is 2.30. The molecule has 118 valence electrons. The van der Waals surface area contributed by atoms with Gasteiger partial charge in [0.25, 0.3) is 0 Å². The van der Waals surface area contributed by atoms with Crippen LogP contribution < -0.4 is 10.6 Å². The Morgan fingerprint density at radius 3 is 2.91 bits per heavy atom. The Labute approximate surface area is 130 Å². The zero-order chi connectivity index (χ0) is 15.6. The number of aromatic nitrogens is 1. The number of aliphatic hydroxyl groups is 1. The quantitative estimate of drug-likeness (QED) is 0.683. The fraction of sp³-hybridized carbons (Fsp3) is 0.471. The number of urea groups is 1. The number of carbonyl (C=O) groups is 1. The summed E-state index contributed by atoms with van der Waals surface area (Å²) < 4.78 is 0. The largest absolute Gasteiger partial charge is 0.388 e. The Morgan fingerprint density at radius 1 is 1.36 bits per heavy atom. The van der Waals surface area contributed by atoms with E-state index in [4.69, 9.17) is 0 Å². The summed E-state index contributed by atoms with van der Waals surface area (Å²) in [6, 6.07) is 6.12. The highest BCUT2D eigenvalue weighted by Gasteiger charge is 2.34. The van der Waals surface area contributed by atoms with Gasteiger partial charge in [-0.05, 0) is 49.8 Å². The van der Waals surface area contributed by atoms with Crippen LogP contribution in [0.15, 0.2) is 24.4 Å². The third kappa shape index (κ3) is 3.25. The van der Waals surface area contributed by atoms with Crippen molar-refractivity contribution in [2.24, 2.45) is 0 Å². The van der Waals surface area contributed by atoms with Crippen molar-refractivity contribution >= 4 is 16.9 Å². The fourth-order valence-electron chi connectivity index (χ4n) is 2.89. The maximum Gasteiger partial charge on any atom is 0.314 e. The Bertz CT molecular complexity index is 674. The summed E-state index contributed by atoms with van der Waals surface area (Å²) in [4.78, 5) is 15.0. The van der Waals surface area contributed by atoms with Crippen LogP contribution in [-0.4, -0.2) is 34.8 Å². The van der Waals surface area contributed by atoms with Crippen molar-refractivity contribution < 1.29 is 9.90 Å². The summed E-state index contributed by atoms with van der Waals surface area (Å²) >= 11 is 0. The lowest BCUT2D eigenvalue weighted by atomic mass is 9.80. The van der Waals surface area contributed by atoms with Crippen molar-refractivity contribution in [1.82, 2.24) is 15.6 Å². The molecule has 1 aliphatic carbocycles. The number of hydrogen-bond acceptors (Lipinski definition) is 2. The van der Waals surface area contributed by atoms with Crippen molar-refractivity contribution in [3.05, 3.63) is 35.5 Å². The van der Waals surface area contributed by atoms with Gasteiger partial charge in [0.2, 0.25) is 0 Å². The minimum atomic E-state index is -0.675. The molecule has 0 spiro atoms. The zero-order valence-corrected chi connectivity index (χ0v) is 12.9. The van der Waals surface area contributed by atoms with Gasteiger partial charge in [-0.1, -0.05) is 12.1 Å². The van der Waals surface area contributed by atoms with Crippen LogP contribution in [0.2, 0.25) is 0 Å². The summed E-state index contributed by atoms with van der Waals surface area (Å²) in [7, 11) is 0. The summed E-state index contributed by atoms with van der Waals surface area (Å²) in [6.07, 6.45) is 5.38. The van der Waals surface area contributed by atoms with Crippen LogP contribution in [0.25, 0.3) is 10.9 Å². The first-order chi connectivity index (χ1) is 10.6. The number of aromatic amines is 1. The van der Waals surface area contributed by atoms with Crippen LogP contribution in [0.1, 0.15) is 30.4 Å². The second kappa shape index (κ2) is 6.01. The van der Waals surface area contributed by atoms with Gasteiger partial charge >= 0.3 is 6.03 Å². The van der Waals surface area contributed by atoms with E-state index in [0.717, 1.165) is 31.2 Å². The van der Waals surface area contributed by atoms with Crippen LogP contribution in [0.3, 0.4) is 0 Å². The molecule has 1 aromatic carbocycles. The second-order valence-corrected chi connectivity index (χ2v) is 6.30. The van der Waals surface area contributed by atoms with Gasteiger partial charge in [0.05, 0.1) is 5.60 Å². The molecule has 5 nitrogen and oxygen atoms in total. The summed E-state index contributed by atoms with van der Waals surface area (Å²) in [5.74, 6) is 0. The van der Waals surface area contributed by atoms with E-state index in [1.807, 2.05) is 6.20 Å². The Balaban J connectivity index is 1.46. The number of H-pyrrole nitrogens is 1. The van der Waals surface area contributed by atoms with Crippen LogP contribution in [0.4, 0.5) is 4.79 Å². The molecule has 0 unspecified atom stereocenters. The third-order valence-electron chi connectivity index (χ3n) is 4.47. The van der Waals surface area contributed by atoms with Gasteiger partial charge in [-0.15, -0.1) is 0 Å². The first-order valence-electron chi connectivity index (χ1n) is 7.86. The number of carbonyl (C=O) groups excluding carboxylic acids is 1. The molecule has 5 heteroatoms. The van der Waals surface area contributed by atoms with E-state index >= 15 is 0 Å². The Kier molecular flexibility index (Phi) is 4.07. The molecular weight excluding hydrogens is 278 g/mol. The molecule has 2 aromatic rings. The molecule has 1 aromatic heterocycles. The summed E-state index contributed by atoms with van der Waals surface area (Å²) in [5, 5.41) is 16.7. The standard InChI is InChI=1S/C17H23N3O2/c1-12-3-4-14-13(10-19-15(14)9-12)5-8-18-16(21)20-11-17(22)6-2-7-17/h3-4,9-10,19,22H,2,5-8,11H2,1H3,(H2,18,20,21). The molecule has 0 bridgehead atoms. The third-order valence-corrected chi connectivity index (χ3v) is 4.47. The van der Waals surface area contributed by atoms with E-state index in [0.29, 0.717) is 13.1 Å². The van der Waals surface area contributed by atoms with Gasteiger partial charge in [0, 0.05) is 30.2 Å². The summed E-state index contributed by atoms with van der Waals surface area (Å²) in [5.41, 5.74) is 2.89. The maximum absolute atomic E-state index is 11.7. The van der Waals surface area contributed by atoms with Crippen LogP contribution >= 0.6 is 0 Å². The summed E-state index contributed by atoms with van der Waals surface area (Å²) in [6.45, 7) is 2.98. The van der Waals surface area contributed by atoms with E-state index in [-0.39, 0.29) is 6.03 Å². The molecule has 2 amide bonds. The van der Waals surface area contributed by atoms with E-state index in [1.54, 1.807) is 0 Å². The minimum absolute atomic E-state index is 0.212. The molecule has 0 radical (unpaired) electrons. The Hall–Kier alpha value is -2.01. The molecule has 3 rings (SSSR count). The van der Waals surface area contributed by atoms with Crippen LogP contribution in [0.5, 0.6) is 0 Å². The number of hydrogen-bond donors (Lipinski definition) is 4. The van der Waals surface area contributed by atoms with E-state index in [9.17, 15) is 9.90 Å². The van der Waals surface area contributed by atoms with Gasteiger partial charge in [0.1, 0.15) is 0 Å². The van der Waals surface area contributed by atoms with Crippen LogP contribution in [-0.2, 0) is 6.42 Å². The molecule has 1 fully saturated rings. The van der Waals surface area contributed by atoms with Crippen LogP contribution in [0, 0.1) is 6.92 Å². The van der Waals surface area contributed by atoms with Crippen molar-refractivity contribution in [3.8, 4) is 0 Å². The lowest BCUT2D eigenvalue weighted by molar-refractivity contribution is -0.0290. The van der Waals surface area contributed by atoms with Crippen molar-refractivity contribution in [1.29, 1.82) is 0 Å². The molecule has 4 N–H and O–H groups in total. The average molecular weight is 301 g/mol. The molecule has 22 heavy (non-hydrogen) atoms. The monoisotopic (exact) mass is 301 g/mol.